The first-order valence-electron chi connectivity index (χ1n) is 3.77. The third-order valence-corrected chi connectivity index (χ3v) is 1.78. The molecule has 0 saturated heterocycles. The quantitative estimate of drug-likeness (QED) is 0.694. The van der Waals surface area contributed by atoms with Crippen molar-refractivity contribution in [3.05, 3.63) is 41.8 Å². The summed E-state index contributed by atoms with van der Waals surface area (Å²) in [6.07, 6.45) is 1.60. The molecule has 0 radical (unpaired) electrons. The van der Waals surface area contributed by atoms with Crippen LogP contribution in [0.3, 0.4) is 0 Å². The molecule has 0 amide bonds. The average molecular weight is 192 g/mol. The van der Waals surface area contributed by atoms with Crippen molar-refractivity contribution in [2.24, 2.45) is 0 Å². The van der Waals surface area contributed by atoms with E-state index in [1.807, 2.05) is 30.3 Å². The van der Waals surface area contributed by atoms with Gasteiger partial charge in [-0.1, -0.05) is 30.3 Å². The lowest BCUT2D eigenvalue weighted by molar-refractivity contribution is 0.977. The molecule has 1 heterocycles. The summed E-state index contributed by atoms with van der Waals surface area (Å²) in [5.74, 6) is 0. The van der Waals surface area contributed by atoms with Gasteiger partial charge in [0.25, 0.3) is 0 Å². The zero-order chi connectivity index (χ0) is 9.10. The van der Waals surface area contributed by atoms with E-state index in [9.17, 15) is 0 Å². The molecule has 0 aliphatic heterocycles. The van der Waals surface area contributed by atoms with Crippen LogP contribution >= 0.6 is 11.6 Å². The molecule has 3 nitrogen and oxygen atoms in total. The van der Waals surface area contributed by atoms with Crippen LogP contribution in [0.15, 0.2) is 36.5 Å². The lowest BCUT2D eigenvalue weighted by Crippen LogP contribution is -1.89. The van der Waals surface area contributed by atoms with Gasteiger partial charge in [0.05, 0.1) is 6.20 Å². The van der Waals surface area contributed by atoms with Crippen molar-refractivity contribution in [2.75, 3.05) is 0 Å². The van der Waals surface area contributed by atoms with E-state index in [1.165, 1.54) is 0 Å². The number of hydrogen-bond acceptors (Lipinski definition) is 3. The van der Waals surface area contributed by atoms with Gasteiger partial charge in [-0.3, -0.25) is 0 Å². The molecular formula is C9H6ClN3. The van der Waals surface area contributed by atoms with Gasteiger partial charge in [-0.2, -0.15) is 0 Å². The number of rotatable bonds is 1. The van der Waals surface area contributed by atoms with Crippen LogP contribution < -0.4 is 0 Å². The Labute approximate surface area is 80.4 Å². The molecule has 0 N–H and O–H groups in total. The summed E-state index contributed by atoms with van der Waals surface area (Å²) in [6.45, 7) is 0. The molecule has 0 atom stereocenters. The molecule has 13 heavy (non-hydrogen) atoms. The van der Waals surface area contributed by atoms with Crippen molar-refractivity contribution in [3.8, 4) is 11.3 Å². The second-order valence-electron chi connectivity index (χ2n) is 2.48. The first-order valence-corrected chi connectivity index (χ1v) is 4.15. The van der Waals surface area contributed by atoms with Crippen LogP contribution in [0.5, 0.6) is 0 Å². The van der Waals surface area contributed by atoms with Gasteiger partial charge in [0.1, 0.15) is 5.69 Å². The number of aromatic nitrogens is 3. The highest BCUT2D eigenvalue weighted by Crippen LogP contribution is 2.14. The van der Waals surface area contributed by atoms with E-state index in [4.69, 9.17) is 11.6 Å². The highest BCUT2D eigenvalue weighted by atomic mass is 35.5. The standard InChI is InChI=1S/C9H6ClN3/c10-9-11-6-8(12-13-9)7-4-2-1-3-5-7/h1-6H. The highest BCUT2D eigenvalue weighted by Gasteiger charge is 1.98. The molecule has 4 heteroatoms. The molecule has 1 aromatic heterocycles. The van der Waals surface area contributed by atoms with E-state index in [0.29, 0.717) is 0 Å². The predicted octanol–water partition coefficient (Wildman–Crippen LogP) is 2.19. The second kappa shape index (κ2) is 3.49. The van der Waals surface area contributed by atoms with E-state index in [0.717, 1.165) is 11.3 Å². The minimum atomic E-state index is 0.166. The van der Waals surface area contributed by atoms with Gasteiger partial charge < -0.3 is 0 Å². The van der Waals surface area contributed by atoms with Crippen molar-refractivity contribution in [2.45, 2.75) is 0 Å². The molecule has 0 fully saturated rings. The number of halogens is 1. The zero-order valence-corrected chi connectivity index (χ0v) is 7.44. The second-order valence-corrected chi connectivity index (χ2v) is 2.82. The summed E-state index contributed by atoms with van der Waals surface area (Å²) in [5, 5.41) is 7.73. The Bertz CT molecular complexity index is 385. The number of benzene rings is 1. The molecule has 0 bridgehead atoms. The maximum atomic E-state index is 5.51. The van der Waals surface area contributed by atoms with Gasteiger partial charge in [-0.25, -0.2) is 4.98 Å². The fourth-order valence-corrected chi connectivity index (χ4v) is 1.09. The summed E-state index contributed by atoms with van der Waals surface area (Å²) in [7, 11) is 0. The summed E-state index contributed by atoms with van der Waals surface area (Å²) >= 11 is 5.51. The Hall–Kier alpha value is -1.48. The van der Waals surface area contributed by atoms with Crippen LogP contribution in [-0.4, -0.2) is 15.2 Å². The molecule has 2 rings (SSSR count). The third-order valence-electron chi connectivity index (χ3n) is 1.60. The predicted molar refractivity (Wildman–Crippen MR) is 50.3 cm³/mol. The lowest BCUT2D eigenvalue weighted by atomic mass is 10.2. The van der Waals surface area contributed by atoms with Crippen molar-refractivity contribution >= 4 is 11.6 Å². The van der Waals surface area contributed by atoms with Crippen LogP contribution in [0, 0.1) is 0 Å². The van der Waals surface area contributed by atoms with E-state index in [2.05, 4.69) is 15.2 Å². The summed E-state index contributed by atoms with van der Waals surface area (Å²) in [6, 6.07) is 9.71. The molecule has 2 aromatic rings. The fourth-order valence-electron chi connectivity index (χ4n) is 1.00. The Kier molecular flexibility index (Phi) is 2.19. The topological polar surface area (TPSA) is 38.7 Å². The van der Waals surface area contributed by atoms with Crippen molar-refractivity contribution < 1.29 is 0 Å². The van der Waals surface area contributed by atoms with E-state index >= 15 is 0 Å². The molecular weight excluding hydrogens is 186 g/mol. The molecule has 0 saturated carbocycles. The maximum absolute atomic E-state index is 5.51. The Balaban J connectivity index is 2.42. The SMILES string of the molecule is Clc1ncc(-c2ccccc2)nn1. The monoisotopic (exact) mass is 191 g/mol. The van der Waals surface area contributed by atoms with Crippen LogP contribution in [0.2, 0.25) is 5.28 Å². The Morgan fingerprint density at radius 3 is 2.38 bits per heavy atom. The highest BCUT2D eigenvalue weighted by molar-refractivity contribution is 6.28. The molecule has 0 unspecified atom stereocenters. The van der Waals surface area contributed by atoms with Crippen LogP contribution in [0.4, 0.5) is 0 Å². The minimum Gasteiger partial charge on any atom is -0.223 e. The first-order chi connectivity index (χ1) is 6.36. The van der Waals surface area contributed by atoms with Crippen molar-refractivity contribution in [1.82, 2.24) is 15.2 Å². The maximum Gasteiger partial charge on any atom is 0.242 e. The lowest BCUT2D eigenvalue weighted by Gasteiger charge is -1.96. The third kappa shape index (κ3) is 1.81. The minimum absolute atomic E-state index is 0.166. The van der Waals surface area contributed by atoms with Gasteiger partial charge >= 0.3 is 0 Å². The average Bonchev–Trinajstić information content (AvgIpc) is 2.20. The summed E-state index contributed by atoms with van der Waals surface area (Å²) < 4.78 is 0. The van der Waals surface area contributed by atoms with E-state index < -0.39 is 0 Å². The van der Waals surface area contributed by atoms with Crippen LogP contribution in [0.25, 0.3) is 11.3 Å². The van der Waals surface area contributed by atoms with Gasteiger partial charge in [0.2, 0.25) is 5.28 Å². The van der Waals surface area contributed by atoms with Crippen molar-refractivity contribution in [1.29, 1.82) is 0 Å². The number of nitrogens with zero attached hydrogens (tertiary/aromatic N) is 3. The first kappa shape index (κ1) is 8.13. The molecule has 0 spiro atoms. The van der Waals surface area contributed by atoms with Crippen molar-refractivity contribution in [3.63, 3.8) is 0 Å². The van der Waals surface area contributed by atoms with E-state index in [1.54, 1.807) is 6.20 Å². The Morgan fingerprint density at radius 2 is 1.77 bits per heavy atom. The summed E-state index contributed by atoms with van der Waals surface area (Å²) in [5.41, 5.74) is 1.71. The fraction of sp³-hybridized carbons (Fsp3) is 0. The van der Waals surface area contributed by atoms with Gasteiger partial charge in [0.15, 0.2) is 0 Å². The molecule has 0 aliphatic rings. The van der Waals surface area contributed by atoms with Gasteiger partial charge in [-0.05, 0) is 11.6 Å². The van der Waals surface area contributed by atoms with Gasteiger partial charge in [-0.15, -0.1) is 10.2 Å². The number of hydrogen-bond donors (Lipinski definition) is 0. The van der Waals surface area contributed by atoms with Crippen LogP contribution in [0.1, 0.15) is 0 Å². The molecule has 64 valence electrons. The molecule has 0 aliphatic carbocycles. The van der Waals surface area contributed by atoms with E-state index in [-0.39, 0.29) is 5.28 Å². The van der Waals surface area contributed by atoms with Gasteiger partial charge in [0, 0.05) is 5.56 Å². The zero-order valence-electron chi connectivity index (χ0n) is 6.68. The molecule has 1 aromatic carbocycles. The largest absolute Gasteiger partial charge is 0.242 e. The Morgan fingerprint density at radius 1 is 1.00 bits per heavy atom. The van der Waals surface area contributed by atoms with Crippen LogP contribution in [-0.2, 0) is 0 Å². The summed E-state index contributed by atoms with van der Waals surface area (Å²) in [4.78, 5) is 3.85. The smallest absolute Gasteiger partial charge is 0.223 e. The normalized spacial score (nSPS) is 9.92.